The van der Waals surface area contributed by atoms with Gasteiger partial charge in [-0.25, -0.2) is 4.98 Å². The second-order valence-electron chi connectivity index (χ2n) is 4.81. The first-order valence-electron chi connectivity index (χ1n) is 6.48. The van der Waals surface area contributed by atoms with E-state index in [9.17, 15) is 0 Å². The molecule has 0 bridgehead atoms. The molecule has 0 saturated heterocycles. The molecule has 92 valence electrons. The van der Waals surface area contributed by atoms with Crippen LogP contribution in [0.1, 0.15) is 36.2 Å². The van der Waals surface area contributed by atoms with Gasteiger partial charge >= 0.3 is 0 Å². The van der Waals surface area contributed by atoms with E-state index >= 15 is 0 Å². The zero-order valence-electron chi connectivity index (χ0n) is 10.6. The van der Waals surface area contributed by atoms with Crippen molar-refractivity contribution < 1.29 is 0 Å². The molecule has 0 amide bonds. The molecule has 18 heavy (non-hydrogen) atoms. The molecule has 0 saturated carbocycles. The lowest BCUT2D eigenvalue weighted by atomic mass is 10.1. The summed E-state index contributed by atoms with van der Waals surface area (Å²) in [7, 11) is 0. The molecule has 1 atom stereocenters. The fourth-order valence-corrected chi connectivity index (χ4v) is 2.44. The Morgan fingerprint density at radius 2 is 2.17 bits per heavy atom. The summed E-state index contributed by atoms with van der Waals surface area (Å²) in [4.78, 5) is 8.83. The lowest BCUT2D eigenvalue weighted by Crippen LogP contribution is -2.08. The van der Waals surface area contributed by atoms with E-state index in [1.807, 2.05) is 12.3 Å². The largest absolute Gasteiger partial charge is 0.363 e. The summed E-state index contributed by atoms with van der Waals surface area (Å²) in [5, 5.41) is 3.44. The highest BCUT2D eigenvalue weighted by Crippen LogP contribution is 2.23. The van der Waals surface area contributed by atoms with Crippen molar-refractivity contribution >= 4 is 5.82 Å². The Morgan fingerprint density at radius 3 is 3.00 bits per heavy atom. The van der Waals surface area contributed by atoms with Gasteiger partial charge in [0, 0.05) is 18.1 Å². The molecule has 1 aliphatic carbocycles. The third-order valence-electron chi connectivity index (χ3n) is 3.48. The molecule has 0 aromatic carbocycles. The quantitative estimate of drug-likeness (QED) is 0.894. The summed E-state index contributed by atoms with van der Waals surface area (Å²) in [6.07, 6.45) is 7.23. The maximum Gasteiger partial charge on any atom is 0.126 e. The van der Waals surface area contributed by atoms with E-state index in [2.05, 4.69) is 40.4 Å². The Hall–Kier alpha value is -1.90. The number of aryl methyl sites for hydroxylation is 2. The van der Waals surface area contributed by atoms with Crippen LogP contribution in [0.4, 0.5) is 5.82 Å². The van der Waals surface area contributed by atoms with Gasteiger partial charge in [-0.1, -0.05) is 12.1 Å². The lowest BCUT2D eigenvalue weighted by molar-refractivity contribution is 0.859. The van der Waals surface area contributed by atoms with Gasteiger partial charge in [0.05, 0.1) is 6.04 Å². The van der Waals surface area contributed by atoms with Gasteiger partial charge in [-0.2, -0.15) is 0 Å². The van der Waals surface area contributed by atoms with E-state index in [4.69, 9.17) is 0 Å². The normalized spacial score (nSPS) is 15.2. The zero-order chi connectivity index (χ0) is 12.4. The van der Waals surface area contributed by atoms with Crippen molar-refractivity contribution in [3.63, 3.8) is 0 Å². The minimum atomic E-state index is 0.227. The van der Waals surface area contributed by atoms with Crippen LogP contribution in [0.15, 0.2) is 36.7 Å². The zero-order valence-corrected chi connectivity index (χ0v) is 10.6. The van der Waals surface area contributed by atoms with Crippen molar-refractivity contribution in [1.29, 1.82) is 0 Å². The smallest absolute Gasteiger partial charge is 0.126 e. The minimum Gasteiger partial charge on any atom is -0.363 e. The van der Waals surface area contributed by atoms with Gasteiger partial charge in [0.2, 0.25) is 0 Å². The van der Waals surface area contributed by atoms with Crippen LogP contribution >= 0.6 is 0 Å². The van der Waals surface area contributed by atoms with Crippen LogP contribution in [0.25, 0.3) is 0 Å². The minimum absolute atomic E-state index is 0.227. The number of aromatic nitrogens is 2. The Bertz CT molecular complexity index is 537. The number of fused-ring (bicyclic) bond motifs is 1. The number of nitrogens with zero attached hydrogens (tertiary/aromatic N) is 2. The molecule has 3 heteroatoms. The van der Waals surface area contributed by atoms with Crippen LogP contribution in [-0.2, 0) is 12.8 Å². The molecular weight excluding hydrogens is 222 g/mol. The van der Waals surface area contributed by atoms with Gasteiger partial charge in [-0.3, -0.25) is 4.98 Å². The molecule has 0 aliphatic heterocycles. The van der Waals surface area contributed by atoms with Gasteiger partial charge in [0.25, 0.3) is 0 Å². The third-order valence-corrected chi connectivity index (χ3v) is 3.48. The first-order chi connectivity index (χ1) is 8.83. The number of nitrogens with one attached hydrogen (secondary N) is 1. The van der Waals surface area contributed by atoms with Gasteiger partial charge in [-0.15, -0.1) is 0 Å². The number of pyridine rings is 2. The fraction of sp³-hybridized carbons (Fsp3) is 0.333. The highest BCUT2D eigenvalue weighted by atomic mass is 15.0. The van der Waals surface area contributed by atoms with E-state index in [1.54, 1.807) is 6.20 Å². The topological polar surface area (TPSA) is 37.8 Å². The van der Waals surface area contributed by atoms with Crippen molar-refractivity contribution in [3.8, 4) is 0 Å². The van der Waals surface area contributed by atoms with Gasteiger partial charge in [0.1, 0.15) is 5.82 Å². The summed E-state index contributed by atoms with van der Waals surface area (Å²) < 4.78 is 0. The molecule has 0 radical (unpaired) electrons. The molecule has 0 fully saturated rings. The monoisotopic (exact) mass is 239 g/mol. The van der Waals surface area contributed by atoms with Crippen molar-refractivity contribution in [2.24, 2.45) is 0 Å². The van der Waals surface area contributed by atoms with E-state index < -0.39 is 0 Å². The van der Waals surface area contributed by atoms with Crippen LogP contribution in [0.5, 0.6) is 0 Å². The fourth-order valence-electron chi connectivity index (χ4n) is 2.44. The Kier molecular flexibility index (Phi) is 2.97. The van der Waals surface area contributed by atoms with Crippen molar-refractivity contribution in [3.05, 3.63) is 53.5 Å². The van der Waals surface area contributed by atoms with Gasteiger partial charge < -0.3 is 5.32 Å². The number of hydrogen-bond donors (Lipinski definition) is 1. The van der Waals surface area contributed by atoms with Crippen LogP contribution < -0.4 is 5.32 Å². The number of anilines is 1. The van der Waals surface area contributed by atoms with Crippen LogP contribution in [0.3, 0.4) is 0 Å². The summed E-state index contributed by atoms with van der Waals surface area (Å²) in [6, 6.07) is 8.55. The summed E-state index contributed by atoms with van der Waals surface area (Å²) >= 11 is 0. The van der Waals surface area contributed by atoms with Crippen LogP contribution in [0.2, 0.25) is 0 Å². The number of hydrogen-bond acceptors (Lipinski definition) is 3. The molecule has 2 heterocycles. The van der Waals surface area contributed by atoms with E-state index in [1.165, 1.54) is 29.7 Å². The molecular formula is C15H17N3. The van der Waals surface area contributed by atoms with Crippen molar-refractivity contribution in [1.82, 2.24) is 9.97 Å². The molecule has 1 unspecified atom stereocenters. The molecule has 2 aromatic rings. The van der Waals surface area contributed by atoms with Crippen LogP contribution in [0, 0.1) is 0 Å². The molecule has 0 spiro atoms. The van der Waals surface area contributed by atoms with Crippen molar-refractivity contribution in [2.75, 3.05) is 5.32 Å². The molecule has 1 aliphatic rings. The summed E-state index contributed by atoms with van der Waals surface area (Å²) in [5.74, 6) is 0.965. The highest BCUT2D eigenvalue weighted by Gasteiger charge is 2.13. The summed E-state index contributed by atoms with van der Waals surface area (Å²) in [6.45, 7) is 2.13. The van der Waals surface area contributed by atoms with Crippen molar-refractivity contribution in [2.45, 2.75) is 32.2 Å². The Labute approximate surface area is 107 Å². The molecule has 3 nitrogen and oxygen atoms in total. The first-order valence-corrected chi connectivity index (χ1v) is 6.48. The van der Waals surface area contributed by atoms with Crippen LogP contribution in [-0.4, -0.2) is 9.97 Å². The van der Waals surface area contributed by atoms with E-state index in [0.717, 1.165) is 12.2 Å². The lowest BCUT2D eigenvalue weighted by Gasteiger charge is -2.15. The SMILES string of the molecule is CC(Nc1ccc2c(n1)CCC2)c1cccnc1. The first kappa shape index (κ1) is 11.2. The van der Waals surface area contributed by atoms with Gasteiger partial charge in [-0.05, 0) is 49.4 Å². The van der Waals surface area contributed by atoms with Gasteiger partial charge in [0.15, 0.2) is 0 Å². The molecule has 3 rings (SSSR count). The van der Waals surface area contributed by atoms with E-state index in [-0.39, 0.29) is 6.04 Å². The maximum absolute atomic E-state index is 4.69. The molecule has 2 aromatic heterocycles. The predicted molar refractivity (Wildman–Crippen MR) is 72.5 cm³/mol. The maximum atomic E-state index is 4.69. The number of rotatable bonds is 3. The summed E-state index contributed by atoms with van der Waals surface area (Å²) in [5.41, 5.74) is 3.85. The third kappa shape index (κ3) is 2.21. The molecule has 1 N–H and O–H groups in total. The standard InChI is InChI=1S/C15H17N3/c1-11(13-5-3-9-16-10-13)17-15-8-7-12-4-2-6-14(12)18-15/h3,5,7-11H,2,4,6H2,1H3,(H,17,18). The predicted octanol–water partition coefficient (Wildman–Crippen LogP) is 3.14. The second kappa shape index (κ2) is 4.77. The average molecular weight is 239 g/mol. The second-order valence-corrected chi connectivity index (χ2v) is 4.81. The Balaban J connectivity index is 1.77. The average Bonchev–Trinajstić information content (AvgIpc) is 2.87. The highest BCUT2D eigenvalue weighted by molar-refractivity contribution is 5.42. The van der Waals surface area contributed by atoms with E-state index in [0.29, 0.717) is 0 Å². The Morgan fingerprint density at radius 1 is 1.22 bits per heavy atom.